The monoisotopic (exact) mass is 260 g/mol. The van der Waals surface area contributed by atoms with Gasteiger partial charge in [0.2, 0.25) is 0 Å². The zero-order valence-electron chi connectivity index (χ0n) is 11.8. The van der Waals surface area contributed by atoms with E-state index in [1.54, 1.807) is 0 Å². The number of ether oxygens (including phenoxy) is 1. The van der Waals surface area contributed by atoms with E-state index in [0.29, 0.717) is 0 Å². The average molecular weight is 260 g/mol. The highest BCUT2D eigenvalue weighted by Crippen LogP contribution is 2.09. The van der Waals surface area contributed by atoms with Crippen LogP contribution in [-0.4, -0.2) is 49.1 Å². The third-order valence-electron chi connectivity index (χ3n) is 3.63. The van der Waals surface area contributed by atoms with Gasteiger partial charge in [0, 0.05) is 39.3 Å². The van der Waals surface area contributed by atoms with Gasteiger partial charge in [0.05, 0.1) is 12.9 Å². The molecule has 19 heavy (non-hydrogen) atoms. The Hall–Kier alpha value is -1.32. The summed E-state index contributed by atoms with van der Waals surface area (Å²) in [5.41, 5.74) is 2.74. The lowest BCUT2D eigenvalue weighted by Gasteiger charge is -2.34. The Kier molecular flexibility index (Phi) is 5.43. The van der Waals surface area contributed by atoms with Crippen molar-refractivity contribution < 1.29 is 4.74 Å². The van der Waals surface area contributed by atoms with Crippen LogP contribution in [0.2, 0.25) is 0 Å². The minimum Gasteiger partial charge on any atom is -0.500 e. The second-order valence-corrected chi connectivity index (χ2v) is 5.14. The number of nitrogens with zero attached hydrogens (tertiary/aromatic N) is 2. The molecule has 1 aliphatic rings. The van der Waals surface area contributed by atoms with Gasteiger partial charge in [-0.3, -0.25) is 9.80 Å². The van der Waals surface area contributed by atoms with E-state index in [1.807, 2.05) is 0 Å². The molecule has 3 nitrogen and oxygen atoms in total. The van der Waals surface area contributed by atoms with E-state index in [1.165, 1.54) is 17.4 Å². The highest BCUT2D eigenvalue weighted by molar-refractivity contribution is 5.21. The second-order valence-electron chi connectivity index (χ2n) is 5.14. The maximum absolute atomic E-state index is 5.18. The van der Waals surface area contributed by atoms with Crippen LogP contribution in [0.5, 0.6) is 0 Å². The summed E-state index contributed by atoms with van der Waals surface area (Å²) in [5, 5.41) is 0. The molecule has 1 aromatic rings. The van der Waals surface area contributed by atoms with Crippen LogP contribution in [0, 0.1) is 6.92 Å². The molecular weight excluding hydrogens is 236 g/mol. The van der Waals surface area contributed by atoms with E-state index < -0.39 is 0 Å². The Balaban J connectivity index is 1.71. The van der Waals surface area contributed by atoms with Gasteiger partial charge < -0.3 is 4.74 Å². The Labute approximate surface area is 116 Å². The summed E-state index contributed by atoms with van der Waals surface area (Å²) < 4.78 is 5.18. The molecule has 0 N–H and O–H groups in total. The van der Waals surface area contributed by atoms with Gasteiger partial charge in [-0.2, -0.15) is 0 Å². The van der Waals surface area contributed by atoms with E-state index in [4.69, 9.17) is 4.74 Å². The molecule has 1 heterocycles. The minimum atomic E-state index is 0.751. The van der Waals surface area contributed by atoms with Gasteiger partial charge in [0.1, 0.15) is 0 Å². The molecular formula is C16H24N2O. The molecule has 0 unspecified atom stereocenters. The third kappa shape index (κ3) is 4.69. The largest absolute Gasteiger partial charge is 0.500 e. The first kappa shape index (κ1) is 14.1. The van der Waals surface area contributed by atoms with Crippen molar-refractivity contribution in [2.24, 2.45) is 0 Å². The maximum atomic E-state index is 5.18. The normalized spacial score (nSPS) is 17.3. The van der Waals surface area contributed by atoms with Crippen LogP contribution < -0.4 is 0 Å². The first-order valence-electron chi connectivity index (χ1n) is 7.00. The number of piperazine rings is 1. The highest BCUT2D eigenvalue weighted by atomic mass is 16.5. The number of benzene rings is 1. The summed E-state index contributed by atoms with van der Waals surface area (Å²) in [5.74, 6) is 0. The van der Waals surface area contributed by atoms with Crippen molar-refractivity contribution in [3.05, 3.63) is 48.2 Å². The van der Waals surface area contributed by atoms with Crippen molar-refractivity contribution in [1.29, 1.82) is 0 Å². The van der Waals surface area contributed by atoms with Gasteiger partial charge in [0.25, 0.3) is 0 Å². The lowest BCUT2D eigenvalue weighted by atomic mass is 10.1. The molecule has 0 aliphatic carbocycles. The Morgan fingerprint density at radius 1 is 1.11 bits per heavy atom. The van der Waals surface area contributed by atoms with E-state index in [2.05, 4.69) is 47.6 Å². The Bertz CT molecular complexity index is 380. The van der Waals surface area contributed by atoms with E-state index in [9.17, 15) is 0 Å². The molecule has 3 heteroatoms. The first-order chi connectivity index (χ1) is 9.28. The van der Waals surface area contributed by atoms with Crippen LogP contribution >= 0.6 is 0 Å². The van der Waals surface area contributed by atoms with Gasteiger partial charge in [-0.05, 0) is 12.5 Å². The molecule has 1 aromatic carbocycles. The van der Waals surface area contributed by atoms with Crippen LogP contribution in [0.4, 0.5) is 0 Å². The lowest BCUT2D eigenvalue weighted by molar-refractivity contribution is 0.104. The fraction of sp³-hybridized carbons (Fsp3) is 0.500. The predicted octanol–water partition coefficient (Wildman–Crippen LogP) is 2.27. The zero-order chi connectivity index (χ0) is 13.5. The minimum absolute atomic E-state index is 0.751. The molecule has 1 aliphatic heterocycles. The van der Waals surface area contributed by atoms with Crippen LogP contribution in [0.3, 0.4) is 0 Å². The summed E-state index contributed by atoms with van der Waals surface area (Å²) in [6.07, 6.45) is 1.52. The zero-order valence-corrected chi connectivity index (χ0v) is 11.8. The standard InChI is InChI=1S/C16H24N2O/c1-3-19-13-12-17-8-10-18(11-9-17)14-16-6-4-15(2)5-7-16/h3-7H,1,8-14H2,2H3. The molecule has 0 saturated carbocycles. The van der Waals surface area contributed by atoms with Crippen molar-refractivity contribution in [2.75, 3.05) is 39.3 Å². The van der Waals surface area contributed by atoms with E-state index >= 15 is 0 Å². The van der Waals surface area contributed by atoms with Crippen LogP contribution in [0.15, 0.2) is 37.1 Å². The molecule has 1 fully saturated rings. The molecule has 2 rings (SSSR count). The summed E-state index contributed by atoms with van der Waals surface area (Å²) in [6.45, 7) is 13.1. The summed E-state index contributed by atoms with van der Waals surface area (Å²) in [7, 11) is 0. The fourth-order valence-electron chi connectivity index (χ4n) is 2.39. The van der Waals surface area contributed by atoms with Crippen molar-refractivity contribution in [2.45, 2.75) is 13.5 Å². The molecule has 0 aromatic heterocycles. The maximum Gasteiger partial charge on any atom is 0.0999 e. The van der Waals surface area contributed by atoms with Crippen molar-refractivity contribution in [3.8, 4) is 0 Å². The predicted molar refractivity (Wildman–Crippen MR) is 79.0 cm³/mol. The summed E-state index contributed by atoms with van der Waals surface area (Å²) >= 11 is 0. The quantitative estimate of drug-likeness (QED) is 0.576. The second kappa shape index (κ2) is 7.31. The van der Waals surface area contributed by atoms with Crippen LogP contribution in [-0.2, 0) is 11.3 Å². The van der Waals surface area contributed by atoms with Crippen molar-refractivity contribution in [3.63, 3.8) is 0 Å². The van der Waals surface area contributed by atoms with Gasteiger partial charge in [-0.1, -0.05) is 36.4 Å². The molecule has 0 atom stereocenters. The average Bonchev–Trinajstić information content (AvgIpc) is 2.44. The summed E-state index contributed by atoms with van der Waals surface area (Å²) in [4.78, 5) is 4.98. The fourth-order valence-corrected chi connectivity index (χ4v) is 2.39. The Morgan fingerprint density at radius 3 is 2.37 bits per heavy atom. The molecule has 0 spiro atoms. The van der Waals surface area contributed by atoms with Crippen LogP contribution in [0.1, 0.15) is 11.1 Å². The van der Waals surface area contributed by atoms with E-state index in [-0.39, 0.29) is 0 Å². The van der Waals surface area contributed by atoms with Gasteiger partial charge in [-0.25, -0.2) is 0 Å². The SMILES string of the molecule is C=COCCN1CCN(Cc2ccc(C)cc2)CC1. The van der Waals surface area contributed by atoms with Crippen LogP contribution in [0.25, 0.3) is 0 Å². The molecule has 0 amide bonds. The number of hydrogen-bond acceptors (Lipinski definition) is 3. The van der Waals surface area contributed by atoms with Crippen molar-refractivity contribution in [1.82, 2.24) is 9.80 Å². The number of rotatable bonds is 6. The number of hydrogen-bond donors (Lipinski definition) is 0. The third-order valence-corrected chi connectivity index (χ3v) is 3.63. The summed E-state index contributed by atoms with van der Waals surface area (Å²) in [6, 6.07) is 8.86. The molecule has 0 bridgehead atoms. The smallest absolute Gasteiger partial charge is 0.0999 e. The highest BCUT2D eigenvalue weighted by Gasteiger charge is 2.16. The Morgan fingerprint density at radius 2 is 1.74 bits per heavy atom. The molecule has 104 valence electrons. The topological polar surface area (TPSA) is 15.7 Å². The van der Waals surface area contributed by atoms with Gasteiger partial charge in [-0.15, -0.1) is 0 Å². The molecule has 0 radical (unpaired) electrons. The van der Waals surface area contributed by atoms with E-state index in [0.717, 1.165) is 45.9 Å². The number of aryl methyl sites for hydroxylation is 1. The van der Waals surface area contributed by atoms with Gasteiger partial charge >= 0.3 is 0 Å². The first-order valence-corrected chi connectivity index (χ1v) is 7.00. The molecule has 1 saturated heterocycles. The van der Waals surface area contributed by atoms with Gasteiger partial charge in [0.15, 0.2) is 0 Å². The lowest BCUT2D eigenvalue weighted by Crippen LogP contribution is -2.46. The van der Waals surface area contributed by atoms with Crippen molar-refractivity contribution >= 4 is 0 Å².